The highest BCUT2D eigenvalue weighted by atomic mass is 35.5. The summed E-state index contributed by atoms with van der Waals surface area (Å²) in [5, 5.41) is 8.90. The summed E-state index contributed by atoms with van der Waals surface area (Å²) in [5.41, 5.74) is 1.85. The molecule has 1 atom stereocenters. The van der Waals surface area contributed by atoms with Gasteiger partial charge in [-0.1, -0.05) is 0 Å². The number of nitrogens with zero attached hydrogens (tertiary/aromatic N) is 2. The molecule has 1 aliphatic heterocycles. The molecule has 5 heteroatoms. The maximum atomic E-state index is 12.3. The summed E-state index contributed by atoms with van der Waals surface area (Å²) in [7, 11) is 0. The van der Waals surface area contributed by atoms with Gasteiger partial charge in [-0.2, -0.15) is 5.26 Å². The second-order valence-electron chi connectivity index (χ2n) is 5.04. The fraction of sp³-hybridized carbons (Fsp3) is 0.267. The Labute approximate surface area is 120 Å². The van der Waals surface area contributed by atoms with Gasteiger partial charge in [0.15, 0.2) is 0 Å². The van der Waals surface area contributed by atoms with Gasteiger partial charge in [0.05, 0.1) is 22.7 Å². The van der Waals surface area contributed by atoms with Gasteiger partial charge in [-0.3, -0.25) is 9.59 Å². The molecule has 2 aromatic rings. The third kappa shape index (κ3) is 1.67. The van der Waals surface area contributed by atoms with Gasteiger partial charge in [0.2, 0.25) is 5.43 Å². The van der Waals surface area contributed by atoms with Gasteiger partial charge in [-0.15, -0.1) is 0 Å². The van der Waals surface area contributed by atoms with E-state index in [9.17, 15) is 14.9 Å². The van der Waals surface area contributed by atoms with Crippen molar-refractivity contribution in [3.8, 4) is 6.07 Å². The lowest BCUT2D eigenvalue weighted by molar-refractivity contribution is 0.108. The van der Waals surface area contributed by atoms with E-state index in [1.807, 2.05) is 11.5 Å². The van der Waals surface area contributed by atoms with Crippen molar-refractivity contribution >= 4 is 27.7 Å². The summed E-state index contributed by atoms with van der Waals surface area (Å²) in [6.07, 6.45) is 3.14. The van der Waals surface area contributed by atoms with Crippen LogP contribution in [0.3, 0.4) is 0 Å². The molecule has 100 valence electrons. The SMILES string of the molecule is CC1CCc2c(C#N)ccc3c(=O)c(C(=O)Cl)cn1c23. The normalized spacial score (nSPS) is 16.9. The van der Waals surface area contributed by atoms with Crippen molar-refractivity contribution in [2.45, 2.75) is 25.8 Å². The maximum Gasteiger partial charge on any atom is 0.257 e. The van der Waals surface area contributed by atoms with Crippen LogP contribution in [0.1, 0.15) is 40.9 Å². The minimum Gasteiger partial charge on any atom is -0.343 e. The zero-order chi connectivity index (χ0) is 14.4. The van der Waals surface area contributed by atoms with Gasteiger partial charge >= 0.3 is 0 Å². The highest BCUT2D eigenvalue weighted by Gasteiger charge is 2.23. The van der Waals surface area contributed by atoms with E-state index in [2.05, 4.69) is 6.07 Å². The van der Waals surface area contributed by atoms with Crippen molar-refractivity contribution in [1.82, 2.24) is 4.57 Å². The average Bonchev–Trinajstić information content (AvgIpc) is 2.43. The van der Waals surface area contributed by atoms with Gasteiger partial charge in [0.1, 0.15) is 0 Å². The molecule has 0 fully saturated rings. The second-order valence-corrected chi connectivity index (χ2v) is 5.38. The molecule has 1 aromatic heterocycles. The lowest BCUT2D eigenvalue weighted by atomic mass is 9.92. The zero-order valence-corrected chi connectivity index (χ0v) is 11.6. The number of benzene rings is 1. The molecule has 0 amide bonds. The Morgan fingerprint density at radius 3 is 2.90 bits per heavy atom. The number of aromatic nitrogens is 1. The van der Waals surface area contributed by atoms with Crippen LogP contribution in [0.25, 0.3) is 10.9 Å². The van der Waals surface area contributed by atoms with Crippen LogP contribution in [0.2, 0.25) is 0 Å². The van der Waals surface area contributed by atoms with Crippen LogP contribution in [-0.2, 0) is 6.42 Å². The van der Waals surface area contributed by atoms with Crippen molar-refractivity contribution < 1.29 is 4.79 Å². The molecule has 0 spiro atoms. The Kier molecular flexibility index (Phi) is 2.88. The van der Waals surface area contributed by atoms with Crippen LogP contribution < -0.4 is 5.43 Å². The Morgan fingerprint density at radius 1 is 1.50 bits per heavy atom. The first-order chi connectivity index (χ1) is 9.54. The summed E-state index contributed by atoms with van der Waals surface area (Å²) >= 11 is 5.50. The second kappa shape index (κ2) is 4.46. The van der Waals surface area contributed by atoms with Gasteiger partial charge < -0.3 is 4.57 Å². The number of hydrogen-bond donors (Lipinski definition) is 0. The molecule has 0 radical (unpaired) electrons. The van der Waals surface area contributed by atoms with E-state index in [-0.39, 0.29) is 17.0 Å². The fourth-order valence-corrected chi connectivity index (χ4v) is 2.99. The highest BCUT2D eigenvalue weighted by molar-refractivity contribution is 6.67. The van der Waals surface area contributed by atoms with Crippen LogP contribution in [0, 0.1) is 11.3 Å². The Morgan fingerprint density at radius 2 is 2.25 bits per heavy atom. The fourth-order valence-electron chi connectivity index (χ4n) is 2.86. The monoisotopic (exact) mass is 286 g/mol. The number of aryl methyl sites for hydroxylation is 1. The van der Waals surface area contributed by atoms with Crippen molar-refractivity contribution in [3.63, 3.8) is 0 Å². The van der Waals surface area contributed by atoms with Crippen molar-refractivity contribution in [1.29, 1.82) is 5.26 Å². The van der Waals surface area contributed by atoms with Gasteiger partial charge in [0.25, 0.3) is 5.24 Å². The molecule has 2 heterocycles. The summed E-state index contributed by atoms with van der Waals surface area (Å²) in [6.45, 7) is 2.02. The third-order valence-electron chi connectivity index (χ3n) is 3.92. The molecule has 0 bridgehead atoms. The topological polar surface area (TPSA) is 62.9 Å². The maximum absolute atomic E-state index is 12.3. The van der Waals surface area contributed by atoms with Gasteiger partial charge in [-0.25, -0.2) is 0 Å². The van der Waals surface area contributed by atoms with E-state index in [0.717, 1.165) is 23.9 Å². The molecule has 1 aliphatic rings. The summed E-state index contributed by atoms with van der Waals surface area (Å²) < 4.78 is 1.89. The van der Waals surface area contributed by atoms with Gasteiger partial charge in [0, 0.05) is 17.6 Å². The van der Waals surface area contributed by atoms with Crippen molar-refractivity contribution in [2.24, 2.45) is 0 Å². The molecule has 3 rings (SSSR count). The number of pyridine rings is 1. The predicted molar refractivity (Wildman–Crippen MR) is 76.1 cm³/mol. The summed E-state index contributed by atoms with van der Waals surface area (Å²) in [6, 6.07) is 5.57. The first-order valence-corrected chi connectivity index (χ1v) is 6.73. The highest BCUT2D eigenvalue weighted by Crippen LogP contribution is 2.31. The van der Waals surface area contributed by atoms with Gasteiger partial charge in [-0.05, 0) is 49.1 Å². The summed E-state index contributed by atoms with van der Waals surface area (Å²) in [4.78, 5) is 23.7. The van der Waals surface area contributed by atoms with E-state index in [1.165, 1.54) is 6.20 Å². The first-order valence-electron chi connectivity index (χ1n) is 6.35. The van der Waals surface area contributed by atoms with Crippen LogP contribution in [-0.4, -0.2) is 9.81 Å². The average molecular weight is 287 g/mol. The number of halogens is 1. The van der Waals surface area contributed by atoms with E-state index in [1.54, 1.807) is 12.1 Å². The Balaban J connectivity index is 2.54. The number of rotatable bonds is 1. The molecule has 1 aromatic carbocycles. The van der Waals surface area contributed by atoms with E-state index >= 15 is 0 Å². The third-order valence-corrected chi connectivity index (χ3v) is 4.12. The zero-order valence-electron chi connectivity index (χ0n) is 10.8. The smallest absolute Gasteiger partial charge is 0.257 e. The minimum atomic E-state index is -0.746. The molecule has 0 aliphatic carbocycles. The molecule has 4 nitrogen and oxygen atoms in total. The van der Waals surface area contributed by atoms with E-state index < -0.39 is 5.24 Å². The molecule has 20 heavy (non-hydrogen) atoms. The number of hydrogen-bond acceptors (Lipinski definition) is 3. The number of carbonyl (C=O) groups excluding carboxylic acids is 1. The predicted octanol–water partition coefficient (Wildman–Crippen LogP) is 2.76. The van der Waals surface area contributed by atoms with Crippen molar-refractivity contribution in [2.75, 3.05) is 0 Å². The molecule has 0 N–H and O–H groups in total. The standard InChI is InChI=1S/C15H11ClN2O2/c1-8-2-4-10-9(6-17)3-5-11-13(10)18(8)7-12(14(11)19)15(16)20/h3,5,7-8H,2,4H2,1H3. The van der Waals surface area contributed by atoms with Crippen LogP contribution >= 0.6 is 11.6 Å². The number of carbonyl (C=O) groups is 1. The Bertz CT molecular complexity index is 846. The molecule has 1 unspecified atom stereocenters. The molecule has 0 saturated carbocycles. The van der Waals surface area contributed by atoms with Crippen LogP contribution in [0.15, 0.2) is 23.1 Å². The largest absolute Gasteiger partial charge is 0.343 e. The van der Waals surface area contributed by atoms with Crippen LogP contribution in [0.5, 0.6) is 0 Å². The Hall–Kier alpha value is -2.12. The quantitative estimate of drug-likeness (QED) is 0.757. The number of nitriles is 1. The van der Waals surface area contributed by atoms with Crippen molar-refractivity contribution in [3.05, 3.63) is 45.2 Å². The van der Waals surface area contributed by atoms with E-state index in [0.29, 0.717) is 10.9 Å². The van der Waals surface area contributed by atoms with Crippen LogP contribution in [0.4, 0.5) is 0 Å². The minimum absolute atomic E-state index is 0.0106. The molecular weight excluding hydrogens is 276 g/mol. The summed E-state index contributed by atoms with van der Waals surface area (Å²) in [5.74, 6) is 0. The molecular formula is C15H11ClN2O2. The first kappa shape index (κ1) is 12.9. The van der Waals surface area contributed by atoms with E-state index in [4.69, 9.17) is 11.6 Å². The lowest BCUT2D eigenvalue weighted by Crippen LogP contribution is -2.23. The lowest BCUT2D eigenvalue weighted by Gasteiger charge is -2.27. The molecule has 0 saturated heterocycles.